The number of aryl methyl sites for hydroxylation is 1. The summed E-state index contributed by atoms with van der Waals surface area (Å²) in [6, 6.07) is 8.14. The van der Waals surface area contributed by atoms with Crippen LogP contribution in [0, 0.1) is 5.92 Å². The first-order valence-electron chi connectivity index (χ1n) is 8.75. The largest absolute Gasteiger partial charge is 0.351 e. The zero-order valence-electron chi connectivity index (χ0n) is 14.2. The Kier molecular flexibility index (Phi) is 5.01. The van der Waals surface area contributed by atoms with Gasteiger partial charge in [-0.3, -0.25) is 4.79 Å². The molecule has 0 spiro atoms. The fourth-order valence-electron chi connectivity index (χ4n) is 3.75. The Morgan fingerprint density at radius 1 is 1.39 bits per heavy atom. The molecular formula is C19H27N3O. The minimum atomic E-state index is 0.0298. The molecule has 0 bridgehead atoms. The van der Waals surface area contributed by atoms with Crippen LogP contribution in [0.2, 0.25) is 0 Å². The van der Waals surface area contributed by atoms with Gasteiger partial charge in [0.2, 0.25) is 0 Å². The van der Waals surface area contributed by atoms with Gasteiger partial charge in [0.25, 0.3) is 5.91 Å². The van der Waals surface area contributed by atoms with Gasteiger partial charge >= 0.3 is 0 Å². The molecule has 2 aromatic rings. The second-order valence-corrected chi connectivity index (χ2v) is 6.69. The van der Waals surface area contributed by atoms with Crippen LogP contribution in [0.3, 0.4) is 0 Å². The standard InChI is InChI=1S/C19H27N3O/c1-3-15-16-8-4-5-9-17(16)21-18(15)19(23)20-11-10-14-7-6-12-22(2)13-14/h4-5,8-9,14,21H,3,6-7,10-13H2,1-2H3,(H,20,23)/t14-/m0/s1. The van der Waals surface area contributed by atoms with E-state index in [9.17, 15) is 4.79 Å². The highest BCUT2D eigenvalue weighted by Crippen LogP contribution is 2.23. The number of piperidine rings is 1. The number of benzene rings is 1. The molecule has 1 amide bonds. The molecule has 1 aliphatic rings. The van der Waals surface area contributed by atoms with E-state index < -0.39 is 0 Å². The second kappa shape index (κ2) is 7.18. The predicted molar refractivity (Wildman–Crippen MR) is 94.8 cm³/mol. The van der Waals surface area contributed by atoms with Crippen LogP contribution in [-0.4, -0.2) is 42.5 Å². The first-order chi connectivity index (χ1) is 11.2. The van der Waals surface area contributed by atoms with Gasteiger partial charge in [0, 0.05) is 24.0 Å². The van der Waals surface area contributed by atoms with Crippen LogP contribution < -0.4 is 5.32 Å². The summed E-state index contributed by atoms with van der Waals surface area (Å²) in [5.41, 5.74) is 2.90. The van der Waals surface area contributed by atoms with Gasteiger partial charge < -0.3 is 15.2 Å². The Hall–Kier alpha value is -1.81. The minimum absolute atomic E-state index is 0.0298. The highest BCUT2D eigenvalue weighted by atomic mass is 16.1. The van der Waals surface area contributed by atoms with Crippen LogP contribution in [0.25, 0.3) is 10.9 Å². The van der Waals surface area contributed by atoms with Gasteiger partial charge in [-0.15, -0.1) is 0 Å². The SMILES string of the molecule is CCc1c(C(=O)NCC[C@@H]2CCCN(C)C2)[nH]c2ccccc12. The lowest BCUT2D eigenvalue weighted by atomic mass is 9.95. The summed E-state index contributed by atoms with van der Waals surface area (Å²) >= 11 is 0. The van der Waals surface area contributed by atoms with Gasteiger partial charge in [0.05, 0.1) is 0 Å². The van der Waals surface area contributed by atoms with Gasteiger partial charge in [-0.2, -0.15) is 0 Å². The molecule has 4 heteroatoms. The van der Waals surface area contributed by atoms with E-state index in [1.807, 2.05) is 18.2 Å². The molecule has 0 aliphatic carbocycles. The Bertz CT molecular complexity index is 676. The Morgan fingerprint density at radius 2 is 2.22 bits per heavy atom. The smallest absolute Gasteiger partial charge is 0.268 e. The Balaban J connectivity index is 1.62. The van der Waals surface area contributed by atoms with Crippen molar-refractivity contribution >= 4 is 16.8 Å². The summed E-state index contributed by atoms with van der Waals surface area (Å²) in [5, 5.41) is 4.27. The highest BCUT2D eigenvalue weighted by Gasteiger charge is 2.19. The number of hydrogen-bond acceptors (Lipinski definition) is 2. The maximum Gasteiger partial charge on any atom is 0.268 e. The third-order valence-corrected chi connectivity index (χ3v) is 4.95. The maximum atomic E-state index is 12.5. The van der Waals surface area contributed by atoms with E-state index in [4.69, 9.17) is 0 Å². The van der Waals surface area contributed by atoms with Gasteiger partial charge in [0.15, 0.2) is 0 Å². The van der Waals surface area contributed by atoms with Crippen molar-refractivity contribution in [1.29, 1.82) is 0 Å². The number of aromatic nitrogens is 1. The van der Waals surface area contributed by atoms with Crippen LogP contribution in [0.15, 0.2) is 24.3 Å². The molecule has 124 valence electrons. The number of nitrogens with one attached hydrogen (secondary N) is 2. The van der Waals surface area contributed by atoms with Crippen LogP contribution >= 0.6 is 0 Å². The van der Waals surface area contributed by atoms with E-state index in [1.54, 1.807) is 0 Å². The number of H-pyrrole nitrogens is 1. The zero-order valence-corrected chi connectivity index (χ0v) is 14.2. The third-order valence-electron chi connectivity index (χ3n) is 4.95. The third kappa shape index (κ3) is 3.58. The highest BCUT2D eigenvalue weighted by molar-refractivity contribution is 6.01. The Morgan fingerprint density at radius 3 is 3.00 bits per heavy atom. The summed E-state index contributed by atoms with van der Waals surface area (Å²) in [6.45, 7) is 5.22. The number of rotatable bonds is 5. The first kappa shape index (κ1) is 16.1. The van der Waals surface area contributed by atoms with Gasteiger partial charge in [-0.1, -0.05) is 25.1 Å². The monoisotopic (exact) mass is 313 g/mol. The van der Waals surface area contributed by atoms with Crippen LogP contribution in [-0.2, 0) is 6.42 Å². The molecule has 1 atom stereocenters. The van der Waals surface area contributed by atoms with Crippen molar-refractivity contribution in [3.63, 3.8) is 0 Å². The molecule has 0 radical (unpaired) electrons. The molecule has 1 saturated heterocycles. The molecule has 1 fully saturated rings. The van der Waals surface area contributed by atoms with Crippen LogP contribution in [0.4, 0.5) is 0 Å². The summed E-state index contributed by atoms with van der Waals surface area (Å²) in [6.07, 6.45) is 4.49. The molecule has 0 saturated carbocycles. The number of amides is 1. The van der Waals surface area contributed by atoms with E-state index in [-0.39, 0.29) is 5.91 Å². The molecule has 1 aromatic carbocycles. The van der Waals surface area contributed by atoms with E-state index in [1.165, 1.54) is 19.4 Å². The van der Waals surface area contributed by atoms with E-state index in [0.717, 1.165) is 48.1 Å². The summed E-state index contributed by atoms with van der Waals surface area (Å²) in [4.78, 5) is 18.2. The van der Waals surface area contributed by atoms with E-state index in [0.29, 0.717) is 5.92 Å². The van der Waals surface area contributed by atoms with Gasteiger partial charge in [-0.05, 0) is 56.8 Å². The molecule has 2 N–H and O–H groups in total. The maximum absolute atomic E-state index is 12.5. The molecular weight excluding hydrogens is 286 g/mol. The van der Waals surface area contributed by atoms with Crippen molar-refractivity contribution in [2.24, 2.45) is 5.92 Å². The molecule has 3 rings (SSSR count). The summed E-state index contributed by atoms with van der Waals surface area (Å²) < 4.78 is 0. The lowest BCUT2D eigenvalue weighted by molar-refractivity contribution is 0.0943. The molecule has 1 aromatic heterocycles. The number of para-hydroxylation sites is 1. The number of carbonyl (C=O) groups is 1. The van der Waals surface area contributed by atoms with Crippen molar-refractivity contribution in [2.75, 3.05) is 26.7 Å². The number of fused-ring (bicyclic) bond motifs is 1. The molecule has 4 nitrogen and oxygen atoms in total. The lowest BCUT2D eigenvalue weighted by Gasteiger charge is -2.29. The summed E-state index contributed by atoms with van der Waals surface area (Å²) in [5.74, 6) is 0.740. The van der Waals surface area contributed by atoms with Crippen molar-refractivity contribution in [2.45, 2.75) is 32.6 Å². The fraction of sp³-hybridized carbons (Fsp3) is 0.526. The second-order valence-electron chi connectivity index (χ2n) is 6.69. The average molecular weight is 313 g/mol. The number of likely N-dealkylation sites (tertiary alicyclic amines) is 1. The van der Waals surface area contributed by atoms with Crippen molar-refractivity contribution in [1.82, 2.24) is 15.2 Å². The number of carbonyl (C=O) groups excluding carboxylic acids is 1. The lowest BCUT2D eigenvalue weighted by Crippen LogP contribution is -2.34. The zero-order chi connectivity index (χ0) is 16.2. The first-order valence-corrected chi connectivity index (χ1v) is 8.75. The van der Waals surface area contributed by atoms with Gasteiger partial charge in [0.1, 0.15) is 5.69 Å². The van der Waals surface area contributed by atoms with E-state index >= 15 is 0 Å². The van der Waals surface area contributed by atoms with E-state index in [2.05, 4.69) is 35.2 Å². The predicted octanol–water partition coefficient (Wildman–Crippen LogP) is 3.19. The molecule has 1 aliphatic heterocycles. The number of nitrogens with zero attached hydrogens (tertiary/aromatic N) is 1. The molecule has 0 unspecified atom stereocenters. The number of hydrogen-bond donors (Lipinski definition) is 2. The van der Waals surface area contributed by atoms with Crippen molar-refractivity contribution in [3.8, 4) is 0 Å². The Labute approximate surface area is 138 Å². The molecule has 2 heterocycles. The van der Waals surface area contributed by atoms with Crippen molar-refractivity contribution < 1.29 is 4.79 Å². The fourth-order valence-corrected chi connectivity index (χ4v) is 3.75. The number of aromatic amines is 1. The van der Waals surface area contributed by atoms with Crippen LogP contribution in [0.5, 0.6) is 0 Å². The molecule has 23 heavy (non-hydrogen) atoms. The van der Waals surface area contributed by atoms with Gasteiger partial charge in [-0.25, -0.2) is 0 Å². The van der Waals surface area contributed by atoms with Crippen molar-refractivity contribution in [3.05, 3.63) is 35.5 Å². The van der Waals surface area contributed by atoms with Crippen LogP contribution in [0.1, 0.15) is 42.2 Å². The minimum Gasteiger partial charge on any atom is -0.351 e. The normalized spacial score (nSPS) is 19.1. The summed E-state index contributed by atoms with van der Waals surface area (Å²) in [7, 11) is 2.18. The average Bonchev–Trinajstić information content (AvgIpc) is 2.93. The topological polar surface area (TPSA) is 48.1 Å². The quantitative estimate of drug-likeness (QED) is 0.890.